The van der Waals surface area contributed by atoms with Crippen molar-refractivity contribution in [2.24, 2.45) is 5.41 Å². The molecule has 2 nitrogen and oxygen atoms in total. The fourth-order valence-electron chi connectivity index (χ4n) is 1.49. The Morgan fingerprint density at radius 1 is 1.38 bits per heavy atom. The summed E-state index contributed by atoms with van der Waals surface area (Å²) >= 11 is 0. The Hall–Kier alpha value is -1.38. The minimum atomic E-state index is -0.456. The minimum Gasteiger partial charge on any atom is -0.312 e. The van der Waals surface area contributed by atoms with Gasteiger partial charge in [0, 0.05) is 17.6 Å². The third kappa shape index (κ3) is 2.81. The van der Waals surface area contributed by atoms with Gasteiger partial charge in [-0.2, -0.15) is 0 Å². The molecule has 0 radical (unpaired) electrons. The SMILES string of the molecule is CCN(C(=O)C(C)(C)C)c1cccc(F)c1. The van der Waals surface area contributed by atoms with Crippen molar-refractivity contribution in [2.75, 3.05) is 11.4 Å². The van der Waals surface area contributed by atoms with E-state index in [1.54, 1.807) is 17.0 Å². The zero-order valence-electron chi connectivity index (χ0n) is 10.2. The number of carbonyl (C=O) groups excluding carboxylic acids is 1. The molecule has 0 bridgehead atoms. The van der Waals surface area contributed by atoms with Gasteiger partial charge in [-0.25, -0.2) is 4.39 Å². The lowest BCUT2D eigenvalue weighted by Crippen LogP contribution is -2.39. The Morgan fingerprint density at radius 2 is 2.00 bits per heavy atom. The molecule has 0 aliphatic rings. The zero-order chi connectivity index (χ0) is 12.3. The lowest BCUT2D eigenvalue weighted by molar-refractivity contribution is -0.125. The maximum Gasteiger partial charge on any atom is 0.232 e. The maximum atomic E-state index is 13.1. The number of nitrogens with zero attached hydrogens (tertiary/aromatic N) is 1. The predicted octanol–water partition coefficient (Wildman–Crippen LogP) is 3.22. The maximum absolute atomic E-state index is 13.1. The highest BCUT2D eigenvalue weighted by atomic mass is 19.1. The molecule has 16 heavy (non-hydrogen) atoms. The van der Waals surface area contributed by atoms with Gasteiger partial charge in [0.25, 0.3) is 0 Å². The van der Waals surface area contributed by atoms with Crippen LogP contribution in [0.25, 0.3) is 0 Å². The van der Waals surface area contributed by atoms with E-state index < -0.39 is 5.41 Å². The van der Waals surface area contributed by atoms with Crippen molar-refractivity contribution in [3.63, 3.8) is 0 Å². The van der Waals surface area contributed by atoms with Gasteiger partial charge in [-0.15, -0.1) is 0 Å². The molecule has 1 amide bonds. The Kier molecular flexibility index (Phi) is 3.68. The van der Waals surface area contributed by atoms with Gasteiger partial charge in [-0.1, -0.05) is 26.8 Å². The number of hydrogen-bond acceptors (Lipinski definition) is 1. The van der Waals surface area contributed by atoms with Crippen molar-refractivity contribution >= 4 is 11.6 Å². The number of carbonyl (C=O) groups is 1. The van der Waals surface area contributed by atoms with Crippen molar-refractivity contribution in [1.29, 1.82) is 0 Å². The van der Waals surface area contributed by atoms with E-state index in [1.165, 1.54) is 12.1 Å². The van der Waals surface area contributed by atoms with E-state index in [1.807, 2.05) is 27.7 Å². The third-order valence-corrected chi connectivity index (χ3v) is 2.32. The van der Waals surface area contributed by atoms with Crippen LogP contribution in [0, 0.1) is 11.2 Å². The molecule has 0 fully saturated rings. The topological polar surface area (TPSA) is 20.3 Å². The monoisotopic (exact) mass is 223 g/mol. The van der Waals surface area contributed by atoms with Crippen LogP contribution in [-0.4, -0.2) is 12.5 Å². The highest BCUT2D eigenvalue weighted by Gasteiger charge is 2.27. The van der Waals surface area contributed by atoms with E-state index in [-0.39, 0.29) is 11.7 Å². The van der Waals surface area contributed by atoms with Crippen molar-refractivity contribution < 1.29 is 9.18 Å². The predicted molar refractivity (Wildman–Crippen MR) is 63.9 cm³/mol. The van der Waals surface area contributed by atoms with Gasteiger partial charge < -0.3 is 4.90 Å². The molecule has 0 saturated carbocycles. The number of anilines is 1. The summed E-state index contributed by atoms with van der Waals surface area (Å²) in [7, 11) is 0. The second-order valence-corrected chi connectivity index (χ2v) is 4.78. The van der Waals surface area contributed by atoms with E-state index in [4.69, 9.17) is 0 Å². The molecule has 1 rings (SSSR count). The normalized spacial score (nSPS) is 11.3. The van der Waals surface area contributed by atoms with Crippen LogP contribution >= 0.6 is 0 Å². The molecular formula is C13H18FNO. The van der Waals surface area contributed by atoms with Crippen LogP contribution in [0.15, 0.2) is 24.3 Å². The first-order valence-corrected chi connectivity index (χ1v) is 5.44. The largest absolute Gasteiger partial charge is 0.312 e. The van der Waals surface area contributed by atoms with E-state index in [0.717, 1.165) is 0 Å². The molecule has 88 valence electrons. The lowest BCUT2D eigenvalue weighted by Gasteiger charge is -2.28. The molecule has 0 saturated heterocycles. The Bertz CT molecular complexity index is 382. The summed E-state index contributed by atoms with van der Waals surface area (Å²) in [6.07, 6.45) is 0. The van der Waals surface area contributed by atoms with Crippen molar-refractivity contribution in [3.05, 3.63) is 30.1 Å². The van der Waals surface area contributed by atoms with Crippen LogP contribution in [0.1, 0.15) is 27.7 Å². The summed E-state index contributed by atoms with van der Waals surface area (Å²) in [5.41, 5.74) is 0.157. The molecule has 0 atom stereocenters. The summed E-state index contributed by atoms with van der Waals surface area (Å²) in [6.45, 7) is 8.00. The highest BCUT2D eigenvalue weighted by Crippen LogP contribution is 2.23. The number of amides is 1. The molecule has 0 unspecified atom stereocenters. The second kappa shape index (κ2) is 4.64. The standard InChI is InChI=1S/C13H18FNO/c1-5-15(12(16)13(2,3)4)11-8-6-7-10(14)9-11/h6-9H,5H2,1-4H3. The van der Waals surface area contributed by atoms with Gasteiger partial charge >= 0.3 is 0 Å². The first-order valence-electron chi connectivity index (χ1n) is 5.44. The van der Waals surface area contributed by atoms with Crippen molar-refractivity contribution in [2.45, 2.75) is 27.7 Å². The fourth-order valence-corrected chi connectivity index (χ4v) is 1.49. The van der Waals surface area contributed by atoms with Crippen LogP contribution in [0.2, 0.25) is 0 Å². The molecule has 1 aromatic rings. The quantitative estimate of drug-likeness (QED) is 0.753. The Balaban J connectivity index is 3.04. The third-order valence-electron chi connectivity index (χ3n) is 2.32. The molecule has 1 aromatic carbocycles. The van der Waals surface area contributed by atoms with Crippen molar-refractivity contribution in [1.82, 2.24) is 0 Å². The summed E-state index contributed by atoms with van der Waals surface area (Å²) in [5.74, 6) is -0.321. The van der Waals surface area contributed by atoms with Gasteiger partial charge in [-0.05, 0) is 25.1 Å². The van der Waals surface area contributed by atoms with Crippen LogP contribution in [-0.2, 0) is 4.79 Å². The lowest BCUT2D eigenvalue weighted by atomic mass is 9.94. The van der Waals surface area contributed by atoms with Gasteiger partial charge in [-0.3, -0.25) is 4.79 Å². The van der Waals surface area contributed by atoms with E-state index >= 15 is 0 Å². The first-order chi connectivity index (χ1) is 7.36. The molecule has 0 aromatic heterocycles. The first kappa shape index (κ1) is 12.7. The summed E-state index contributed by atoms with van der Waals surface area (Å²) in [5, 5.41) is 0. The Labute approximate surface area is 96.1 Å². The number of hydrogen-bond donors (Lipinski definition) is 0. The average Bonchev–Trinajstić information content (AvgIpc) is 2.17. The van der Waals surface area contributed by atoms with Gasteiger partial charge in [0.05, 0.1) is 0 Å². The fraction of sp³-hybridized carbons (Fsp3) is 0.462. The summed E-state index contributed by atoms with van der Waals surface area (Å²) < 4.78 is 13.1. The smallest absolute Gasteiger partial charge is 0.232 e. The average molecular weight is 223 g/mol. The highest BCUT2D eigenvalue weighted by molar-refractivity contribution is 5.96. The van der Waals surface area contributed by atoms with Crippen LogP contribution in [0.3, 0.4) is 0 Å². The molecule has 3 heteroatoms. The molecule has 0 aliphatic carbocycles. The number of halogens is 1. The van der Waals surface area contributed by atoms with E-state index in [0.29, 0.717) is 12.2 Å². The second-order valence-electron chi connectivity index (χ2n) is 4.78. The van der Waals surface area contributed by atoms with E-state index in [2.05, 4.69) is 0 Å². The van der Waals surface area contributed by atoms with Crippen LogP contribution < -0.4 is 4.90 Å². The van der Waals surface area contributed by atoms with Crippen molar-refractivity contribution in [3.8, 4) is 0 Å². The molecule has 0 heterocycles. The molecule has 0 aliphatic heterocycles. The van der Waals surface area contributed by atoms with E-state index in [9.17, 15) is 9.18 Å². The van der Waals surface area contributed by atoms with Crippen LogP contribution in [0.5, 0.6) is 0 Å². The van der Waals surface area contributed by atoms with Gasteiger partial charge in [0.15, 0.2) is 0 Å². The zero-order valence-corrected chi connectivity index (χ0v) is 10.2. The minimum absolute atomic E-state index is 0.000556. The number of benzene rings is 1. The molecule has 0 spiro atoms. The molecule has 0 N–H and O–H groups in total. The van der Waals surface area contributed by atoms with Crippen LogP contribution in [0.4, 0.5) is 10.1 Å². The summed E-state index contributed by atoms with van der Waals surface area (Å²) in [6, 6.07) is 6.12. The summed E-state index contributed by atoms with van der Waals surface area (Å²) in [4.78, 5) is 13.7. The number of rotatable bonds is 2. The van der Waals surface area contributed by atoms with Gasteiger partial charge in [0.2, 0.25) is 5.91 Å². The Morgan fingerprint density at radius 3 is 2.44 bits per heavy atom. The van der Waals surface area contributed by atoms with Gasteiger partial charge in [0.1, 0.15) is 5.82 Å². The molecular weight excluding hydrogens is 205 g/mol.